The molecule has 0 heterocycles. The first kappa shape index (κ1) is 22.0. The number of likely N-dealkylation sites (N-methyl/N-ethyl adjacent to an activating group) is 1. The van der Waals surface area contributed by atoms with E-state index in [1.165, 1.54) is 0 Å². The SMILES string of the molecule is C=CCCCOP(=O)([O-])OCC[N+](C)(C)CCOC(=O)C(=C)C. The molecule has 0 amide bonds. The zero-order valence-corrected chi connectivity index (χ0v) is 15.2. The Balaban J connectivity index is 3.98. The van der Waals surface area contributed by atoms with Crippen molar-refractivity contribution in [3.63, 3.8) is 0 Å². The highest BCUT2D eigenvalue weighted by Crippen LogP contribution is 2.38. The van der Waals surface area contributed by atoms with Crippen LogP contribution in [-0.2, 0) is 23.1 Å². The zero-order valence-electron chi connectivity index (χ0n) is 14.3. The van der Waals surface area contributed by atoms with Crippen molar-refractivity contribution in [3.05, 3.63) is 24.8 Å². The maximum absolute atomic E-state index is 11.5. The van der Waals surface area contributed by atoms with E-state index in [-0.39, 0.29) is 19.8 Å². The molecule has 0 aliphatic rings. The van der Waals surface area contributed by atoms with E-state index in [0.29, 0.717) is 36.0 Å². The predicted octanol–water partition coefficient (Wildman–Crippen LogP) is 1.65. The number of unbranched alkanes of at least 4 members (excludes halogenated alkanes) is 1. The van der Waals surface area contributed by atoms with E-state index in [2.05, 4.69) is 13.2 Å². The molecule has 0 aromatic rings. The van der Waals surface area contributed by atoms with E-state index in [0.717, 1.165) is 0 Å². The summed E-state index contributed by atoms with van der Waals surface area (Å²) in [5.74, 6) is -0.432. The summed E-state index contributed by atoms with van der Waals surface area (Å²) in [6, 6.07) is 0. The fraction of sp³-hybridized carbons (Fsp3) is 0.667. The first-order valence-electron chi connectivity index (χ1n) is 7.45. The molecule has 7 nitrogen and oxygen atoms in total. The van der Waals surface area contributed by atoms with Gasteiger partial charge in [-0.25, -0.2) is 4.79 Å². The van der Waals surface area contributed by atoms with Crippen LogP contribution in [0.15, 0.2) is 24.8 Å². The van der Waals surface area contributed by atoms with Crippen molar-refractivity contribution in [2.24, 2.45) is 0 Å². The van der Waals surface area contributed by atoms with Crippen molar-refractivity contribution in [1.82, 2.24) is 0 Å². The van der Waals surface area contributed by atoms with Crippen molar-refractivity contribution in [2.45, 2.75) is 19.8 Å². The van der Waals surface area contributed by atoms with Gasteiger partial charge in [0, 0.05) is 5.57 Å². The fourth-order valence-corrected chi connectivity index (χ4v) is 2.19. The molecule has 0 aromatic carbocycles. The van der Waals surface area contributed by atoms with Crippen molar-refractivity contribution in [1.29, 1.82) is 0 Å². The van der Waals surface area contributed by atoms with E-state index in [1.54, 1.807) is 13.0 Å². The highest BCUT2D eigenvalue weighted by Gasteiger charge is 2.18. The van der Waals surface area contributed by atoms with Crippen LogP contribution in [0.1, 0.15) is 19.8 Å². The van der Waals surface area contributed by atoms with Gasteiger partial charge in [0.05, 0.1) is 20.7 Å². The number of ether oxygens (including phenoxy) is 1. The highest BCUT2D eigenvalue weighted by atomic mass is 31.2. The molecule has 0 aromatic heterocycles. The number of phosphoric acid groups is 1. The minimum atomic E-state index is -4.26. The van der Waals surface area contributed by atoms with Gasteiger partial charge in [-0.1, -0.05) is 12.7 Å². The Kier molecular flexibility index (Phi) is 10.3. The van der Waals surface area contributed by atoms with Gasteiger partial charge >= 0.3 is 5.97 Å². The highest BCUT2D eigenvalue weighted by molar-refractivity contribution is 7.45. The maximum Gasteiger partial charge on any atom is 0.333 e. The molecule has 0 radical (unpaired) electrons. The number of phosphoric ester groups is 1. The third-order valence-electron chi connectivity index (χ3n) is 3.03. The van der Waals surface area contributed by atoms with Crippen molar-refractivity contribution >= 4 is 13.8 Å². The Hall–Kier alpha value is -0.980. The topological polar surface area (TPSA) is 84.9 Å². The molecule has 0 N–H and O–H groups in total. The molecule has 1 unspecified atom stereocenters. The van der Waals surface area contributed by atoms with Crippen LogP contribution in [0, 0.1) is 0 Å². The number of nitrogens with zero attached hydrogens (tertiary/aromatic N) is 1. The van der Waals surface area contributed by atoms with Gasteiger partial charge in [-0.05, 0) is 19.8 Å². The van der Waals surface area contributed by atoms with Gasteiger partial charge in [0.25, 0.3) is 7.82 Å². The summed E-state index contributed by atoms with van der Waals surface area (Å²) >= 11 is 0. The quantitative estimate of drug-likeness (QED) is 0.126. The van der Waals surface area contributed by atoms with Gasteiger partial charge in [-0.3, -0.25) is 4.57 Å². The summed E-state index contributed by atoms with van der Waals surface area (Å²) in [6.07, 6.45) is 2.96. The van der Waals surface area contributed by atoms with Crippen molar-refractivity contribution < 1.29 is 32.5 Å². The Morgan fingerprint density at radius 2 is 1.78 bits per heavy atom. The van der Waals surface area contributed by atoms with Gasteiger partial charge in [0.1, 0.15) is 26.3 Å². The number of quaternary nitrogens is 1. The van der Waals surface area contributed by atoms with Crippen LogP contribution in [0.2, 0.25) is 0 Å². The van der Waals surface area contributed by atoms with Gasteiger partial charge in [-0.15, -0.1) is 6.58 Å². The Labute approximate surface area is 138 Å². The number of hydrogen-bond donors (Lipinski definition) is 0. The lowest BCUT2D eigenvalue weighted by Gasteiger charge is -2.31. The van der Waals surface area contributed by atoms with Gasteiger partial charge in [0.15, 0.2) is 0 Å². The Bertz CT molecular complexity index is 449. The van der Waals surface area contributed by atoms with E-state index in [4.69, 9.17) is 13.8 Å². The molecule has 1 atom stereocenters. The van der Waals surface area contributed by atoms with Crippen LogP contribution in [-0.4, -0.2) is 57.5 Å². The fourth-order valence-electron chi connectivity index (χ4n) is 1.46. The third-order valence-corrected chi connectivity index (χ3v) is 4.02. The molecule has 23 heavy (non-hydrogen) atoms. The second kappa shape index (κ2) is 10.7. The normalized spacial score (nSPS) is 14.1. The van der Waals surface area contributed by atoms with Gasteiger partial charge in [0.2, 0.25) is 0 Å². The number of allylic oxidation sites excluding steroid dienone is 1. The molecule has 0 rings (SSSR count). The zero-order chi connectivity index (χ0) is 17.9. The molecule has 0 bridgehead atoms. The van der Waals surface area contributed by atoms with Crippen molar-refractivity contribution in [2.75, 3.05) is 47.0 Å². The van der Waals surface area contributed by atoms with Gasteiger partial charge < -0.3 is 23.2 Å². The van der Waals surface area contributed by atoms with E-state index >= 15 is 0 Å². The number of carbonyl (C=O) groups is 1. The Morgan fingerprint density at radius 3 is 2.35 bits per heavy atom. The smallest absolute Gasteiger partial charge is 0.333 e. The van der Waals surface area contributed by atoms with E-state index in [9.17, 15) is 14.3 Å². The van der Waals surface area contributed by atoms with Crippen LogP contribution in [0.25, 0.3) is 0 Å². The van der Waals surface area contributed by atoms with E-state index < -0.39 is 13.8 Å². The standard InChI is InChI=1S/C15H28NO6P/c1-6-7-8-11-21-23(18,19)22-13-10-16(4,5)9-12-20-15(17)14(2)3/h6H,1-2,7-13H2,3-5H3. The molecule has 0 spiro atoms. The van der Waals surface area contributed by atoms with Gasteiger partial charge in [-0.2, -0.15) is 0 Å². The molecule has 0 saturated carbocycles. The second-order valence-corrected chi connectivity index (χ2v) is 7.25. The largest absolute Gasteiger partial charge is 0.756 e. The lowest BCUT2D eigenvalue weighted by molar-refractivity contribution is -0.890. The van der Waals surface area contributed by atoms with E-state index in [1.807, 2.05) is 14.1 Å². The average Bonchev–Trinajstić information content (AvgIpc) is 2.42. The van der Waals surface area contributed by atoms with Crippen LogP contribution < -0.4 is 4.89 Å². The second-order valence-electron chi connectivity index (χ2n) is 5.84. The van der Waals surface area contributed by atoms with Crippen molar-refractivity contribution in [3.8, 4) is 0 Å². The first-order chi connectivity index (χ1) is 10.6. The summed E-state index contributed by atoms with van der Waals surface area (Å²) < 4.78 is 26.5. The molecule has 0 saturated heterocycles. The predicted molar refractivity (Wildman–Crippen MR) is 86.6 cm³/mol. The van der Waals surface area contributed by atoms with Crippen LogP contribution in [0.4, 0.5) is 0 Å². The first-order valence-corrected chi connectivity index (χ1v) is 8.91. The molecular formula is C15H28NO6P. The molecule has 134 valence electrons. The summed E-state index contributed by atoms with van der Waals surface area (Å²) in [7, 11) is -0.490. The summed E-state index contributed by atoms with van der Waals surface area (Å²) in [5, 5.41) is 0. The molecular weight excluding hydrogens is 321 g/mol. The summed E-state index contributed by atoms with van der Waals surface area (Å²) in [5.41, 5.74) is 0.347. The Morgan fingerprint density at radius 1 is 1.22 bits per heavy atom. The molecule has 0 aliphatic heterocycles. The monoisotopic (exact) mass is 349 g/mol. The minimum absolute atomic E-state index is 0.00364. The molecule has 8 heteroatoms. The minimum Gasteiger partial charge on any atom is -0.756 e. The van der Waals surface area contributed by atoms with Crippen LogP contribution in [0.3, 0.4) is 0 Å². The number of hydrogen-bond acceptors (Lipinski definition) is 6. The van der Waals surface area contributed by atoms with Crippen LogP contribution >= 0.6 is 7.82 Å². The maximum atomic E-state index is 11.5. The number of rotatable bonds is 13. The molecule has 0 aliphatic carbocycles. The molecule has 0 fully saturated rings. The lowest BCUT2D eigenvalue weighted by Crippen LogP contribution is -2.45. The summed E-state index contributed by atoms with van der Waals surface area (Å²) in [4.78, 5) is 22.8. The lowest BCUT2D eigenvalue weighted by atomic mass is 10.3. The number of carbonyl (C=O) groups excluding carboxylic acids is 1. The van der Waals surface area contributed by atoms with Crippen LogP contribution in [0.5, 0.6) is 0 Å². The number of esters is 1. The average molecular weight is 349 g/mol. The third kappa shape index (κ3) is 12.1. The summed E-state index contributed by atoms with van der Waals surface area (Å²) in [6.45, 7) is 9.91.